The third kappa shape index (κ3) is 0.848. The van der Waals surface area contributed by atoms with Crippen molar-refractivity contribution in [2.75, 3.05) is 0 Å². The van der Waals surface area contributed by atoms with E-state index in [0.717, 1.165) is 22.8 Å². The van der Waals surface area contributed by atoms with Gasteiger partial charge in [0.05, 0.1) is 5.52 Å². The van der Waals surface area contributed by atoms with Gasteiger partial charge in [-0.2, -0.15) is 0 Å². The first kappa shape index (κ1) is 7.10. The highest BCUT2D eigenvalue weighted by Crippen LogP contribution is 2.19. The van der Waals surface area contributed by atoms with Gasteiger partial charge in [-0.05, 0) is 18.6 Å². The van der Waals surface area contributed by atoms with Gasteiger partial charge in [-0.25, -0.2) is 0 Å². The molecule has 0 aliphatic carbocycles. The Morgan fingerprint density at radius 1 is 1.42 bits per heavy atom. The molecule has 1 aromatic carbocycles. The minimum Gasteiger partial charge on any atom is -0.360 e. The van der Waals surface area contributed by atoms with E-state index < -0.39 is 0 Å². The van der Waals surface area contributed by atoms with Crippen molar-refractivity contribution in [2.24, 2.45) is 0 Å². The van der Waals surface area contributed by atoms with Crippen LogP contribution in [0, 0.1) is 6.92 Å². The first-order valence-corrected chi connectivity index (χ1v) is 3.85. The molecular formula is C10H9NO. The molecule has 2 rings (SSSR count). The van der Waals surface area contributed by atoms with Gasteiger partial charge in [0.2, 0.25) is 0 Å². The second-order valence-electron chi connectivity index (χ2n) is 2.86. The number of rotatable bonds is 1. The molecule has 0 atom stereocenters. The van der Waals surface area contributed by atoms with E-state index in [1.165, 1.54) is 5.56 Å². The number of aromatic amines is 1. The molecule has 1 N–H and O–H groups in total. The summed E-state index contributed by atoms with van der Waals surface area (Å²) in [6.45, 7) is 2.02. The van der Waals surface area contributed by atoms with Crippen molar-refractivity contribution in [3.8, 4) is 0 Å². The second kappa shape index (κ2) is 2.48. The van der Waals surface area contributed by atoms with Gasteiger partial charge in [0, 0.05) is 17.1 Å². The third-order valence-electron chi connectivity index (χ3n) is 2.08. The van der Waals surface area contributed by atoms with Crippen LogP contribution in [0.4, 0.5) is 0 Å². The van der Waals surface area contributed by atoms with Crippen LogP contribution < -0.4 is 0 Å². The molecule has 0 unspecified atom stereocenters. The zero-order chi connectivity index (χ0) is 8.55. The van der Waals surface area contributed by atoms with Crippen LogP contribution in [0.25, 0.3) is 10.9 Å². The highest BCUT2D eigenvalue weighted by atomic mass is 16.1. The van der Waals surface area contributed by atoms with Crippen molar-refractivity contribution in [3.63, 3.8) is 0 Å². The van der Waals surface area contributed by atoms with E-state index >= 15 is 0 Å². The van der Waals surface area contributed by atoms with Crippen molar-refractivity contribution in [1.82, 2.24) is 4.98 Å². The Hall–Kier alpha value is -1.57. The number of aromatic nitrogens is 1. The fourth-order valence-corrected chi connectivity index (χ4v) is 1.42. The van der Waals surface area contributed by atoms with E-state index in [2.05, 4.69) is 4.98 Å². The predicted molar refractivity (Wildman–Crippen MR) is 48.4 cm³/mol. The summed E-state index contributed by atoms with van der Waals surface area (Å²) < 4.78 is 0. The average Bonchev–Trinajstić information content (AvgIpc) is 2.48. The summed E-state index contributed by atoms with van der Waals surface area (Å²) in [5, 5.41) is 1.12. The largest absolute Gasteiger partial charge is 0.360 e. The normalized spacial score (nSPS) is 10.4. The fraction of sp³-hybridized carbons (Fsp3) is 0.100. The van der Waals surface area contributed by atoms with Crippen LogP contribution in [0.2, 0.25) is 0 Å². The Morgan fingerprint density at radius 3 is 3.00 bits per heavy atom. The topological polar surface area (TPSA) is 32.9 Å². The summed E-state index contributed by atoms with van der Waals surface area (Å²) in [6.07, 6.45) is 2.79. The molecule has 1 aromatic heterocycles. The van der Waals surface area contributed by atoms with E-state index in [9.17, 15) is 4.79 Å². The second-order valence-corrected chi connectivity index (χ2v) is 2.86. The molecule has 0 aliphatic rings. The van der Waals surface area contributed by atoms with Crippen molar-refractivity contribution in [1.29, 1.82) is 0 Å². The molecule has 0 fully saturated rings. The Kier molecular flexibility index (Phi) is 1.47. The number of carbonyl (C=O) groups is 1. The molecule has 0 saturated heterocycles. The monoisotopic (exact) mass is 159 g/mol. The molecule has 60 valence electrons. The first-order valence-electron chi connectivity index (χ1n) is 3.85. The van der Waals surface area contributed by atoms with Crippen molar-refractivity contribution >= 4 is 17.2 Å². The van der Waals surface area contributed by atoms with Gasteiger partial charge in [-0.3, -0.25) is 4.79 Å². The quantitative estimate of drug-likeness (QED) is 0.636. The van der Waals surface area contributed by atoms with E-state index in [4.69, 9.17) is 0 Å². The summed E-state index contributed by atoms with van der Waals surface area (Å²) in [4.78, 5) is 13.7. The van der Waals surface area contributed by atoms with E-state index in [1.807, 2.05) is 31.3 Å². The number of aldehydes is 1. The Morgan fingerprint density at radius 2 is 2.25 bits per heavy atom. The third-order valence-corrected chi connectivity index (χ3v) is 2.08. The first-order chi connectivity index (χ1) is 5.83. The number of carbonyl (C=O) groups excluding carboxylic acids is 1. The summed E-state index contributed by atoms with van der Waals surface area (Å²) in [6, 6.07) is 5.71. The zero-order valence-corrected chi connectivity index (χ0v) is 6.79. The summed E-state index contributed by atoms with van der Waals surface area (Å²) >= 11 is 0. The number of H-pyrrole nitrogens is 1. The van der Waals surface area contributed by atoms with Gasteiger partial charge < -0.3 is 4.98 Å². The molecule has 2 aromatic rings. The number of para-hydroxylation sites is 1. The van der Waals surface area contributed by atoms with Crippen molar-refractivity contribution < 1.29 is 4.79 Å². The molecule has 0 saturated carbocycles. The molecule has 0 spiro atoms. The highest BCUT2D eigenvalue weighted by Gasteiger charge is 2.02. The summed E-state index contributed by atoms with van der Waals surface area (Å²) in [5.41, 5.74) is 2.83. The molecule has 0 radical (unpaired) electrons. The molecule has 12 heavy (non-hydrogen) atoms. The van der Waals surface area contributed by atoms with Crippen LogP contribution in [-0.4, -0.2) is 11.3 Å². The maximum absolute atomic E-state index is 10.6. The van der Waals surface area contributed by atoms with Gasteiger partial charge in [0.15, 0.2) is 6.29 Å². The molecule has 2 nitrogen and oxygen atoms in total. The standard InChI is InChI=1S/C10H9NO/c1-7-5-11-10-8(6-12)3-2-4-9(7)10/h2-6,11H,1H3. The Bertz CT molecular complexity index is 428. The molecule has 0 bridgehead atoms. The molecule has 2 heteroatoms. The molecule has 1 heterocycles. The summed E-state index contributed by atoms with van der Waals surface area (Å²) in [5.74, 6) is 0. The Labute approximate surface area is 70.2 Å². The van der Waals surface area contributed by atoms with E-state index in [1.54, 1.807) is 0 Å². The zero-order valence-electron chi connectivity index (χ0n) is 6.79. The lowest BCUT2D eigenvalue weighted by Crippen LogP contribution is -1.80. The Balaban J connectivity index is 2.89. The number of hydrogen-bond acceptors (Lipinski definition) is 1. The van der Waals surface area contributed by atoms with E-state index in [-0.39, 0.29) is 0 Å². The predicted octanol–water partition coefficient (Wildman–Crippen LogP) is 2.29. The lowest BCUT2D eigenvalue weighted by atomic mass is 10.1. The molecule has 0 amide bonds. The van der Waals surface area contributed by atoms with Crippen molar-refractivity contribution in [3.05, 3.63) is 35.5 Å². The minimum absolute atomic E-state index is 0.723. The van der Waals surface area contributed by atoms with Crippen LogP contribution in [-0.2, 0) is 0 Å². The fourth-order valence-electron chi connectivity index (χ4n) is 1.42. The van der Waals surface area contributed by atoms with Crippen LogP contribution >= 0.6 is 0 Å². The van der Waals surface area contributed by atoms with Gasteiger partial charge in [-0.1, -0.05) is 12.1 Å². The van der Waals surface area contributed by atoms with E-state index in [0.29, 0.717) is 0 Å². The van der Waals surface area contributed by atoms with Crippen LogP contribution in [0.5, 0.6) is 0 Å². The lowest BCUT2D eigenvalue weighted by Gasteiger charge is -1.93. The summed E-state index contributed by atoms with van der Waals surface area (Å²) in [7, 11) is 0. The smallest absolute Gasteiger partial charge is 0.152 e. The van der Waals surface area contributed by atoms with Crippen LogP contribution in [0.3, 0.4) is 0 Å². The van der Waals surface area contributed by atoms with Gasteiger partial charge in [0.25, 0.3) is 0 Å². The maximum atomic E-state index is 10.6. The average molecular weight is 159 g/mol. The minimum atomic E-state index is 0.723. The number of nitrogens with one attached hydrogen (secondary N) is 1. The maximum Gasteiger partial charge on any atom is 0.152 e. The number of hydrogen-bond donors (Lipinski definition) is 1. The molecule has 0 aliphatic heterocycles. The SMILES string of the molecule is Cc1c[nH]c2c(C=O)cccc12. The number of benzene rings is 1. The van der Waals surface area contributed by atoms with Crippen LogP contribution in [0.1, 0.15) is 15.9 Å². The van der Waals surface area contributed by atoms with Crippen LogP contribution in [0.15, 0.2) is 24.4 Å². The lowest BCUT2D eigenvalue weighted by molar-refractivity contribution is 0.112. The number of fused-ring (bicyclic) bond motifs is 1. The highest BCUT2D eigenvalue weighted by molar-refractivity contribution is 5.97. The van der Waals surface area contributed by atoms with Gasteiger partial charge >= 0.3 is 0 Å². The number of aryl methyl sites for hydroxylation is 1. The van der Waals surface area contributed by atoms with Gasteiger partial charge in [0.1, 0.15) is 0 Å². The van der Waals surface area contributed by atoms with Gasteiger partial charge in [-0.15, -0.1) is 0 Å². The van der Waals surface area contributed by atoms with Crippen molar-refractivity contribution in [2.45, 2.75) is 6.92 Å². The molecular weight excluding hydrogens is 150 g/mol.